The minimum Gasteiger partial charge on any atom is -0.508 e. The van der Waals surface area contributed by atoms with Crippen LogP contribution in [-0.4, -0.2) is 34.7 Å². The Labute approximate surface area is 173 Å². The number of benzene rings is 2. The minimum absolute atomic E-state index is 0.0254. The molecule has 2 aromatic rings. The fourth-order valence-corrected chi connectivity index (χ4v) is 3.23. The lowest BCUT2D eigenvalue weighted by molar-refractivity contribution is -0.122. The number of nitrogens with one attached hydrogen (secondary N) is 1. The number of phenols is 2. The second-order valence-electron chi connectivity index (χ2n) is 5.76. The third-order valence-corrected chi connectivity index (χ3v) is 4.69. The summed E-state index contributed by atoms with van der Waals surface area (Å²) in [4.78, 5) is 38.0. The predicted octanol–water partition coefficient (Wildman–Crippen LogP) is 2.77. The molecule has 1 fully saturated rings. The van der Waals surface area contributed by atoms with Gasteiger partial charge in [-0.05, 0) is 77.6 Å². The summed E-state index contributed by atoms with van der Waals surface area (Å²) in [7, 11) is 0. The number of anilines is 1. The molecule has 1 heterocycles. The number of barbiturate groups is 1. The number of ether oxygens (including phenoxy) is 1. The Morgan fingerprint density at radius 1 is 1.14 bits per heavy atom. The van der Waals surface area contributed by atoms with Crippen molar-refractivity contribution >= 4 is 52.2 Å². The van der Waals surface area contributed by atoms with Crippen LogP contribution in [0.25, 0.3) is 6.08 Å². The van der Waals surface area contributed by atoms with E-state index in [0.717, 1.165) is 4.90 Å². The second kappa shape index (κ2) is 7.89. The summed E-state index contributed by atoms with van der Waals surface area (Å²) in [6.07, 6.45) is 1.32. The van der Waals surface area contributed by atoms with Gasteiger partial charge in [0.25, 0.3) is 11.8 Å². The second-order valence-corrected chi connectivity index (χ2v) is 6.92. The van der Waals surface area contributed by atoms with Crippen LogP contribution >= 0.6 is 22.6 Å². The fourth-order valence-electron chi connectivity index (χ4n) is 2.60. The van der Waals surface area contributed by atoms with Crippen molar-refractivity contribution in [3.63, 3.8) is 0 Å². The number of rotatable bonds is 4. The molecule has 0 aliphatic carbocycles. The first-order valence-electron chi connectivity index (χ1n) is 8.17. The summed E-state index contributed by atoms with van der Waals surface area (Å²) < 4.78 is 5.84. The standard InChI is InChI=1S/C19H15IN2O6/c1-2-28-15-9-10(8-14(20)16(15)24)7-13-17(25)21-19(27)22(18(13)26)11-3-5-12(23)6-4-11/h3-9,23-24H,2H2,1H3,(H,21,25,27). The third-order valence-electron chi connectivity index (χ3n) is 3.87. The molecule has 0 unspecified atom stereocenters. The number of aromatic hydroxyl groups is 2. The highest BCUT2D eigenvalue weighted by molar-refractivity contribution is 14.1. The van der Waals surface area contributed by atoms with E-state index in [0.29, 0.717) is 15.7 Å². The summed E-state index contributed by atoms with van der Waals surface area (Å²) >= 11 is 1.91. The van der Waals surface area contributed by atoms with E-state index < -0.39 is 17.8 Å². The van der Waals surface area contributed by atoms with Crippen molar-refractivity contribution < 1.29 is 29.3 Å². The van der Waals surface area contributed by atoms with Crippen LogP contribution in [0.5, 0.6) is 17.2 Å². The van der Waals surface area contributed by atoms with Gasteiger partial charge in [-0.3, -0.25) is 14.9 Å². The number of imide groups is 2. The number of urea groups is 1. The van der Waals surface area contributed by atoms with Crippen LogP contribution in [0.3, 0.4) is 0 Å². The molecule has 0 saturated carbocycles. The average Bonchev–Trinajstić information content (AvgIpc) is 2.64. The largest absolute Gasteiger partial charge is 0.508 e. The number of hydrogen-bond acceptors (Lipinski definition) is 6. The maximum atomic E-state index is 12.8. The van der Waals surface area contributed by atoms with Crippen LogP contribution in [0.15, 0.2) is 42.0 Å². The van der Waals surface area contributed by atoms with Gasteiger partial charge in [0, 0.05) is 0 Å². The van der Waals surface area contributed by atoms with Gasteiger partial charge in [0.05, 0.1) is 15.9 Å². The summed E-state index contributed by atoms with van der Waals surface area (Å²) in [6.45, 7) is 2.09. The summed E-state index contributed by atoms with van der Waals surface area (Å²) in [5.74, 6) is -1.48. The Balaban J connectivity index is 2.03. The maximum absolute atomic E-state index is 12.8. The van der Waals surface area contributed by atoms with Crippen molar-refractivity contribution in [1.82, 2.24) is 5.32 Å². The van der Waals surface area contributed by atoms with Gasteiger partial charge < -0.3 is 14.9 Å². The molecule has 28 heavy (non-hydrogen) atoms. The van der Waals surface area contributed by atoms with Crippen molar-refractivity contribution in [2.75, 3.05) is 11.5 Å². The highest BCUT2D eigenvalue weighted by atomic mass is 127. The van der Waals surface area contributed by atoms with Crippen LogP contribution in [0.1, 0.15) is 12.5 Å². The monoisotopic (exact) mass is 494 g/mol. The average molecular weight is 494 g/mol. The van der Waals surface area contributed by atoms with Gasteiger partial charge in [-0.25, -0.2) is 9.69 Å². The minimum atomic E-state index is -0.881. The number of carbonyl (C=O) groups excluding carboxylic acids is 3. The Bertz CT molecular complexity index is 1000. The molecule has 8 nitrogen and oxygen atoms in total. The molecule has 1 aliphatic heterocycles. The van der Waals surface area contributed by atoms with Gasteiger partial charge >= 0.3 is 6.03 Å². The van der Waals surface area contributed by atoms with E-state index in [1.165, 1.54) is 36.4 Å². The van der Waals surface area contributed by atoms with Gasteiger partial charge in [0.2, 0.25) is 0 Å². The lowest BCUT2D eigenvalue weighted by Gasteiger charge is -2.26. The predicted molar refractivity (Wildman–Crippen MR) is 109 cm³/mol. The SMILES string of the molecule is CCOc1cc(C=C2C(=O)NC(=O)N(c3ccc(O)cc3)C2=O)cc(I)c1O. The van der Waals surface area contributed by atoms with Gasteiger partial charge in [-0.2, -0.15) is 0 Å². The molecule has 144 valence electrons. The van der Waals surface area contributed by atoms with Crippen molar-refractivity contribution in [3.8, 4) is 17.2 Å². The Hall–Kier alpha value is -3.08. The highest BCUT2D eigenvalue weighted by Crippen LogP contribution is 2.34. The number of carbonyl (C=O) groups is 3. The molecule has 9 heteroatoms. The van der Waals surface area contributed by atoms with Gasteiger partial charge in [0.1, 0.15) is 11.3 Å². The molecule has 1 saturated heterocycles. The van der Waals surface area contributed by atoms with Crippen molar-refractivity contribution in [1.29, 1.82) is 0 Å². The zero-order chi connectivity index (χ0) is 20.4. The van der Waals surface area contributed by atoms with Crippen molar-refractivity contribution in [2.45, 2.75) is 6.92 Å². The van der Waals surface area contributed by atoms with E-state index >= 15 is 0 Å². The van der Waals surface area contributed by atoms with Gasteiger partial charge in [0.15, 0.2) is 11.5 Å². The molecule has 1 aliphatic rings. The van der Waals surface area contributed by atoms with E-state index in [-0.39, 0.29) is 28.5 Å². The van der Waals surface area contributed by atoms with Crippen LogP contribution in [0, 0.1) is 3.57 Å². The van der Waals surface area contributed by atoms with Crippen LogP contribution in [-0.2, 0) is 9.59 Å². The smallest absolute Gasteiger partial charge is 0.335 e. The van der Waals surface area contributed by atoms with Crippen molar-refractivity contribution in [2.24, 2.45) is 0 Å². The lowest BCUT2D eigenvalue weighted by atomic mass is 10.1. The van der Waals surface area contributed by atoms with E-state index in [2.05, 4.69) is 5.32 Å². The quantitative estimate of drug-likeness (QED) is 0.342. The fraction of sp³-hybridized carbons (Fsp3) is 0.105. The van der Waals surface area contributed by atoms with E-state index in [1.807, 2.05) is 22.6 Å². The molecule has 4 amide bonds. The molecular formula is C19H15IN2O6. The number of phenolic OH excluding ortho intramolecular Hbond substituents is 2. The maximum Gasteiger partial charge on any atom is 0.335 e. The summed E-state index contributed by atoms with van der Waals surface area (Å²) in [5.41, 5.74) is 0.398. The Morgan fingerprint density at radius 3 is 2.46 bits per heavy atom. The van der Waals surface area contributed by atoms with Crippen molar-refractivity contribution in [3.05, 3.63) is 51.1 Å². The van der Waals surface area contributed by atoms with Gasteiger partial charge in [-0.15, -0.1) is 0 Å². The number of amides is 4. The van der Waals surface area contributed by atoms with Crippen LogP contribution in [0.2, 0.25) is 0 Å². The molecule has 2 aromatic carbocycles. The molecule has 0 spiro atoms. The first-order chi connectivity index (χ1) is 13.3. The zero-order valence-corrected chi connectivity index (χ0v) is 16.8. The zero-order valence-electron chi connectivity index (χ0n) is 14.6. The number of nitrogens with zero attached hydrogens (tertiary/aromatic N) is 1. The molecule has 0 aromatic heterocycles. The summed E-state index contributed by atoms with van der Waals surface area (Å²) in [6, 6.07) is 7.61. The van der Waals surface area contributed by atoms with E-state index in [9.17, 15) is 24.6 Å². The Kier molecular flexibility index (Phi) is 5.54. The summed E-state index contributed by atoms with van der Waals surface area (Å²) in [5, 5.41) is 21.6. The molecule has 0 radical (unpaired) electrons. The molecular weight excluding hydrogens is 479 g/mol. The van der Waals surface area contributed by atoms with Crippen LogP contribution in [0.4, 0.5) is 10.5 Å². The first-order valence-corrected chi connectivity index (χ1v) is 9.25. The van der Waals surface area contributed by atoms with Crippen LogP contribution < -0.4 is 15.0 Å². The van der Waals surface area contributed by atoms with E-state index in [4.69, 9.17) is 4.74 Å². The number of halogens is 1. The van der Waals surface area contributed by atoms with E-state index in [1.54, 1.807) is 13.0 Å². The normalized spacial score (nSPS) is 15.7. The third kappa shape index (κ3) is 3.79. The molecule has 0 bridgehead atoms. The Morgan fingerprint density at radius 2 is 1.82 bits per heavy atom. The van der Waals surface area contributed by atoms with Gasteiger partial charge in [-0.1, -0.05) is 0 Å². The topological polar surface area (TPSA) is 116 Å². The molecule has 0 atom stereocenters. The lowest BCUT2D eigenvalue weighted by Crippen LogP contribution is -2.54. The molecule has 3 N–H and O–H groups in total. The first kappa shape index (κ1) is 19.7. The highest BCUT2D eigenvalue weighted by Gasteiger charge is 2.36. The molecule has 3 rings (SSSR count). The number of hydrogen-bond donors (Lipinski definition) is 3.